The third-order valence-corrected chi connectivity index (χ3v) is 5.72. The molecule has 1 aliphatic heterocycles. The lowest BCUT2D eigenvalue weighted by molar-refractivity contribution is -0.122. The zero-order valence-electron chi connectivity index (χ0n) is 16.2. The van der Waals surface area contributed by atoms with Crippen molar-refractivity contribution in [3.8, 4) is 0 Å². The Bertz CT molecular complexity index is 985. The molecule has 3 amide bonds. The summed E-state index contributed by atoms with van der Waals surface area (Å²) in [5.41, 5.74) is 5.52. The fraction of sp³-hybridized carbons (Fsp3) is 0.318. The Morgan fingerprint density at radius 1 is 1.07 bits per heavy atom. The van der Waals surface area contributed by atoms with E-state index in [1.165, 1.54) is 4.90 Å². The fourth-order valence-corrected chi connectivity index (χ4v) is 4.20. The molecule has 0 unspecified atom stereocenters. The number of hydrogen-bond acceptors (Lipinski definition) is 3. The summed E-state index contributed by atoms with van der Waals surface area (Å²) in [4.78, 5) is 39.8. The Hall–Kier alpha value is -3.15. The number of fused-ring (bicyclic) bond motifs is 1. The van der Waals surface area contributed by atoms with Crippen LogP contribution in [0.15, 0.2) is 48.6 Å². The number of anilines is 1. The van der Waals surface area contributed by atoms with Crippen molar-refractivity contribution < 1.29 is 14.4 Å². The number of aromatic nitrogens is 1. The van der Waals surface area contributed by atoms with E-state index >= 15 is 0 Å². The first-order valence-corrected chi connectivity index (χ1v) is 9.49. The molecule has 4 rings (SSSR count). The largest absolute Gasteiger partial charge is 0.274 e. The van der Waals surface area contributed by atoms with Crippen LogP contribution < -0.4 is 10.3 Å². The third kappa shape index (κ3) is 2.85. The molecule has 28 heavy (non-hydrogen) atoms. The quantitative estimate of drug-likeness (QED) is 0.660. The molecule has 0 radical (unpaired) electrons. The number of hydrogen-bond donors (Lipinski definition) is 1. The third-order valence-electron chi connectivity index (χ3n) is 5.72. The smallest absolute Gasteiger partial charge is 0.270 e. The van der Waals surface area contributed by atoms with Gasteiger partial charge in [0.1, 0.15) is 0 Å². The molecule has 2 aromatic rings. The van der Waals surface area contributed by atoms with Gasteiger partial charge < -0.3 is 0 Å². The number of benzene rings is 1. The number of allylic oxidation sites excluding steroid dienone is 2. The summed E-state index contributed by atoms with van der Waals surface area (Å²) in [5, 5.41) is 0. The summed E-state index contributed by atoms with van der Waals surface area (Å²) >= 11 is 0. The molecule has 1 saturated heterocycles. The molecule has 1 fully saturated rings. The van der Waals surface area contributed by atoms with E-state index in [-0.39, 0.29) is 35.5 Å². The molecule has 1 aliphatic carbocycles. The summed E-state index contributed by atoms with van der Waals surface area (Å²) in [6.07, 6.45) is 4.57. The Labute approximate surface area is 163 Å². The number of amides is 3. The van der Waals surface area contributed by atoms with Crippen molar-refractivity contribution in [1.82, 2.24) is 4.68 Å². The van der Waals surface area contributed by atoms with Crippen molar-refractivity contribution in [2.24, 2.45) is 17.8 Å². The van der Waals surface area contributed by atoms with Gasteiger partial charge in [-0.1, -0.05) is 25.1 Å². The van der Waals surface area contributed by atoms with Crippen LogP contribution in [0.2, 0.25) is 0 Å². The highest BCUT2D eigenvalue weighted by Crippen LogP contribution is 2.40. The van der Waals surface area contributed by atoms with Crippen molar-refractivity contribution in [1.29, 1.82) is 0 Å². The highest BCUT2D eigenvalue weighted by molar-refractivity contribution is 6.22. The highest BCUT2D eigenvalue weighted by Gasteiger charge is 2.50. The van der Waals surface area contributed by atoms with E-state index in [2.05, 4.69) is 5.43 Å². The Morgan fingerprint density at radius 2 is 1.79 bits per heavy atom. The maximum atomic E-state index is 13.0. The van der Waals surface area contributed by atoms with Gasteiger partial charge in [-0.2, -0.15) is 0 Å². The maximum Gasteiger partial charge on any atom is 0.270 e. The van der Waals surface area contributed by atoms with Crippen LogP contribution >= 0.6 is 0 Å². The average Bonchev–Trinajstić information content (AvgIpc) is 3.13. The molecular weight excluding hydrogens is 354 g/mol. The number of nitrogens with zero attached hydrogens (tertiary/aromatic N) is 2. The molecule has 0 saturated carbocycles. The van der Waals surface area contributed by atoms with E-state index in [1.54, 1.807) is 28.9 Å². The maximum absolute atomic E-state index is 13.0. The average molecular weight is 377 g/mol. The minimum absolute atomic E-state index is 0.0337. The van der Waals surface area contributed by atoms with Crippen LogP contribution in [0.25, 0.3) is 0 Å². The first-order chi connectivity index (χ1) is 13.4. The molecule has 0 spiro atoms. The number of carbonyl (C=O) groups is 3. The predicted octanol–water partition coefficient (Wildman–Crippen LogP) is 3.19. The standard InChI is InChI=1S/C22H23N3O3/c1-13-6-4-9-18-19(13)22(28)24(21(18)27)17-8-5-7-16(12-17)20(26)23-25-14(2)10-11-15(25)3/h4-8,10-13,18-19H,9H2,1-3H3,(H,23,26)/t13-,18-,19-/m1/s1. The summed E-state index contributed by atoms with van der Waals surface area (Å²) in [7, 11) is 0. The molecule has 2 heterocycles. The van der Waals surface area contributed by atoms with E-state index in [1.807, 2.05) is 45.1 Å². The first-order valence-electron chi connectivity index (χ1n) is 9.49. The molecule has 3 atom stereocenters. The number of nitrogens with one attached hydrogen (secondary N) is 1. The van der Waals surface area contributed by atoms with Crippen molar-refractivity contribution in [2.45, 2.75) is 27.2 Å². The number of carbonyl (C=O) groups excluding carboxylic acids is 3. The summed E-state index contributed by atoms with van der Waals surface area (Å²) in [6, 6.07) is 10.5. The van der Waals surface area contributed by atoms with Gasteiger partial charge in [0.05, 0.1) is 17.5 Å². The van der Waals surface area contributed by atoms with Crippen LogP contribution in [0, 0.1) is 31.6 Å². The molecule has 6 heteroatoms. The number of imide groups is 1. The summed E-state index contributed by atoms with van der Waals surface area (Å²) in [5.74, 6) is -1.25. The molecule has 2 aliphatic rings. The predicted molar refractivity (Wildman–Crippen MR) is 106 cm³/mol. The van der Waals surface area contributed by atoms with E-state index in [4.69, 9.17) is 0 Å². The second-order valence-corrected chi connectivity index (χ2v) is 7.61. The summed E-state index contributed by atoms with van der Waals surface area (Å²) in [6.45, 7) is 5.78. The van der Waals surface area contributed by atoms with Crippen molar-refractivity contribution in [3.63, 3.8) is 0 Å². The monoisotopic (exact) mass is 377 g/mol. The number of aryl methyl sites for hydroxylation is 2. The second kappa shape index (κ2) is 6.78. The van der Waals surface area contributed by atoms with E-state index < -0.39 is 0 Å². The van der Waals surface area contributed by atoms with Crippen LogP contribution in [-0.4, -0.2) is 22.4 Å². The topological polar surface area (TPSA) is 71.4 Å². The zero-order chi connectivity index (χ0) is 20.0. The highest BCUT2D eigenvalue weighted by atomic mass is 16.2. The van der Waals surface area contributed by atoms with E-state index in [9.17, 15) is 14.4 Å². The van der Waals surface area contributed by atoms with Crippen LogP contribution in [0.1, 0.15) is 35.1 Å². The van der Waals surface area contributed by atoms with Crippen molar-refractivity contribution in [3.05, 3.63) is 65.5 Å². The zero-order valence-corrected chi connectivity index (χ0v) is 16.2. The fourth-order valence-electron chi connectivity index (χ4n) is 4.20. The van der Waals surface area contributed by atoms with Gasteiger partial charge in [0.2, 0.25) is 11.8 Å². The normalized spacial score (nSPS) is 23.8. The number of rotatable bonds is 3. The summed E-state index contributed by atoms with van der Waals surface area (Å²) < 4.78 is 1.71. The minimum atomic E-state index is -0.319. The van der Waals surface area contributed by atoms with Gasteiger partial charge >= 0.3 is 0 Å². The lowest BCUT2D eigenvalue weighted by Gasteiger charge is -2.22. The Balaban J connectivity index is 1.61. The van der Waals surface area contributed by atoms with Crippen molar-refractivity contribution in [2.75, 3.05) is 10.3 Å². The van der Waals surface area contributed by atoms with E-state index in [0.29, 0.717) is 17.7 Å². The molecule has 144 valence electrons. The molecule has 6 nitrogen and oxygen atoms in total. The molecule has 1 aromatic heterocycles. The lowest BCUT2D eigenvalue weighted by atomic mass is 9.78. The second-order valence-electron chi connectivity index (χ2n) is 7.61. The Morgan fingerprint density at radius 3 is 2.46 bits per heavy atom. The van der Waals surface area contributed by atoms with Gasteiger partial charge in [-0.3, -0.25) is 29.4 Å². The van der Waals surface area contributed by atoms with Gasteiger partial charge in [-0.25, -0.2) is 0 Å². The molecule has 1 aromatic carbocycles. The van der Waals surface area contributed by atoms with Gasteiger partial charge in [0.15, 0.2) is 0 Å². The lowest BCUT2D eigenvalue weighted by Crippen LogP contribution is -2.32. The molecule has 1 N–H and O–H groups in total. The minimum Gasteiger partial charge on any atom is -0.274 e. The molecule has 0 bridgehead atoms. The van der Waals surface area contributed by atoms with Crippen LogP contribution in [0.5, 0.6) is 0 Å². The van der Waals surface area contributed by atoms with E-state index in [0.717, 1.165) is 11.4 Å². The molecular formula is C22H23N3O3. The van der Waals surface area contributed by atoms with Crippen LogP contribution in [0.3, 0.4) is 0 Å². The Kier molecular flexibility index (Phi) is 4.41. The van der Waals surface area contributed by atoms with Gasteiger partial charge in [-0.05, 0) is 56.5 Å². The van der Waals surface area contributed by atoms with Gasteiger partial charge in [0.25, 0.3) is 5.91 Å². The van der Waals surface area contributed by atoms with Crippen LogP contribution in [-0.2, 0) is 9.59 Å². The van der Waals surface area contributed by atoms with Crippen LogP contribution in [0.4, 0.5) is 5.69 Å². The first kappa shape index (κ1) is 18.2. The SMILES string of the molecule is Cc1ccc(C)n1NC(=O)c1cccc(N2C(=O)[C@@H]3[C@H](C)C=CC[C@H]3C2=O)c1. The van der Waals surface area contributed by atoms with Gasteiger partial charge in [-0.15, -0.1) is 0 Å². The van der Waals surface area contributed by atoms with Gasteiger partial charge in [0, 0.05) is 17.0 Å². The van der Waals surface area contributed by atoms with Crippen molar-refractivity contribution >= 4 is 23.4 Å².